The number of hydrogen-bond acceptors (Lipinski definition) is 4. The maximum Gasteiger partial charge on any atom is 0.438 e. The molecule has 134 valence electrons. The van der Waals surface area contributed by atoms with Gasteiger partial charge in [0.25, 0.3) is 0 Å². The Morgan fingerprint density at radius 3 is 2.40 bits per heavy atom. The number of nitrogens with one attached hydrogen (secondary N) is 1. The minimum absolute atomic E-state index is 0.294. The number of halogens is 6. The van der Waals surface area contributed by atoms with Crippen molar-refractivity contribution in [3.05, 3.63) is 51.6 Å². The predicted octanol–water partition coefficient (Wildman–Crippen LogP) is 3.50. The molecule has 6 nitrogen and oxygen atoms in total. The summed E-state index contributed by atoms with van der Waals surface area (Å²) in [6.45, 7) is 4.48. The second-order valence-corrected chi connectivity index (χ2v) is 4.82. The lowest BCUT2D eigenvalue weighted by Gasteiger charge is -2.25. The van der Waals surface area contributed by atoms with Gasteiger partial charge >= 0.3 is 18.1 Å². The van der Waals surface area contributed by atoms with E-state index in [0.29, 0.717) is 11.0 Å². The third-order valence-electron chi connectivity index (χ3n) is 2.97. The number of anilines is 1. The van der Waals surface area contributed by atoms with Gasteiger partial charge in [-0.2, -0.15) is 26.3 Å². The van der Waals surface area contributed by atoms with Crippen molar-refractivity contribution in [2.75, 3.05) is 11.4 Å². The van der Waals surface area contributed by atoms with Crippen LogP contribution in [0.15, 0.2) is 27.5 Å². The molecule has 2 aromatic rings. The van der Waals surface area contributed by atoms with Crippen LogP contribution in [0.4, 0.5) is 37.7 Å². The number of nitrogens with zero attached hydrogens (tertiary/aromatic N) is 3. The Morgan fingerprint density at radius 2 is 1.92 bits per heavy atom. The van der Waals surface area contributed by atoms with Crippen molar-refractivity contribution >= 4 is 11.4 Å². The van der Waals surface area contributed by atoms with Gasteiger partial charge in [-0.3, -0.25) is 9.51 Å². The van der Waals surface area contributed by atoms with Crippen LogP contribution in [0.25, 0.3) is 4.85 Å². The average Bonchev–Trinajstić information content (AvgIpc) is 2.89. The summed E-state index contributed by atoms with van der Waals surface area (Å²) < 4.78 is 81.4. The lowest BCUT2D eigenvalue weighted by atomic mass is 10.1. The van der Waals surface area contributed by atoms with Gasteiger partial charge in [-0.25, -0.2) is 9.64 Å². The number of hydrogen-bond donors (Lipinski definition) is 1. The van der Waals surface area contributed by atoms with Gasteiger partial charge in [0.15, 0.2) is 11.5 Å². The van der Waals surface area contributed by atoms with Crippen LogP contribution in [0, 0.1) is 6.57 Å². The third-order valence-corrected chi connectivity index (χ3v) is 2.97. The molecule has 0 bridgehead atoms. The molecule has 1 heterocycles. The van der Waals surface area contributed by atoms with E-state index in [-0.39, 0.29) is 5.82 Å². The zero-order chi connectivity index (χ0) is 18.8. The summed E-state index contributed by atoms with van der Waals surface area (Å²) >= 11 is 0. The van der Waals surface area contributed by atoms with Crippen LogP contribution >= 0.6 is 0 Å². The SMILES string of the molecule is [C-]#[N+]c1ccc(N(Cc2noc(=O)[nH]2)CC(F)(F)F)cc1C(F)(F)F. The van der Waals surface area contributed by atoms with Crippen LogP contribution in [0.2, 0.25) is 0 Å². The number of benzene rings is 1. The molecular formula is C13H8F6N4O2. The molecule has 1 aromatic heterocycles. The van der Waals surface area contributed by atoms with Gasteiger partial charge in [0.05, 0.1) is 18.7 Å². The first-order valence-corrected chi connectivity index (χ1v) is 6.45. The van der Waals surface area contributed by atoms with Gasteiger partial charge in [0.2, 0.25) is 0 Å². The lowest BCUT2D eigenvalue weighted by molar-refractivity contribution is -0.136. The van der Waals surface area contributed by atoms with Crippen molar-refractivity contribution in [3.8, 4) is 0 Å². The van der Waals surface area contributed by atoms with E-state index in [1.807, 2.05) is 4.98 Å². The molecule has 12 heteroatoms. The Bertz CT molecular complexity index is 846. The molecule has 0 saturated heterocycles. The van der Waals surface area contributed by atoms with E-state index in [4.69, 9.17) is 6.57 Å². The third kappa shape index (κ3) is 4.75. The number of alkyl halides is 6. The summed E-state index contributed by atoms with van der Waals surface area (Å²) in [6.07, 6.45) is -9.65. The lowest BCUT2D eigenvalue weighted by Crippen LogP contribution is -2.34. The van der Waals surface area contributed by atoms with Crippen molar-refractivity contribution in [1.82, 2.24) is 10.1 Å². The Hall–Kier alpha value is -2.97. The second kappa shape index (κ2) is 6.50. The van der Waals surface area contributed by atoms with Crippen LogP contribution in [-0.4, -0.2) is 22.9 Å². The molecular weight excluding hydrogens is 358 g/mol. The number of H-pyrrole nitrogens is 1. The molecule has 0 amide bonds. The van der Waals surface area contributed by atoms with Crippen molar-refractivity contribution in [2.45, 2.75) is 18.9 Å². The highest BCUT2D eigenvalue weighted by atomic mass is 19.4. The summed E-state index contributed by atoms with van der Waals surface area (Å²) in [5, 5.41) is 3.19. The minimum Gasteiger partial charge on any atom is -0.355 e. The molecule has 2 rings (SSSR count). The molecule has 0 radical (unpaired) electrons. The van der Waals surface area contributed by atoms with E-state index >= 15 is 0 Å². The fourth-order valence-electron chi connectivity index (χ4n) is 2.01. The van der Waals surface area contributed by atoms with Crippen molar-refractivity contribution in [1.29, 1.82) is 0 Å². The van der Waals surface area contributed by atoms with Gasteiger partial charge in [0.1, 0.15) is 6.54 Å². The van der Waals surface area contributed by atoms with E-state index in [1.165, 1.54) is 0 Å². The van der Waals surface area contributed by atoms with Gasteiger partial charge in [-0.15, -0.1) is 0 Å². The second-order valence-electron chi connectivity index (χ2n) is 4.82. The van der Waals surface area contributed by atoms with Crippen LogP contribution in [0.1, 0.15) is 11.4 Å². The number of aromatic amines is 1. The fraction of sp³-hybridized carbons (Fsp3) is 0.308. The minimum atomic E-state index is -4.91. The molecule has 0 aliphatic carbocycles. The molecule has 0 aliphatic rings. The standard InChI is InChI=1S/C13H8F6N4O2/c1-20-9-3-2-7(4-8(9)13(17,18)19)23(6-12(14,15)16)5-10-21-11(24)25-22-10/h2-4H,5-6H2,(H,21,22,24). The summed E-state index contributed by atoms with van der Waals surface area (Å²) in [7, 11) is 0. The molecule has 1 aromatic carbocycles. The zero-order valence-corrected chi connectivity index (χ0v) is 12.1. The average molecular weight is 366 g/mol. The molecule has 0 saturated carbocycles. The molecule has 0 spiro atoms. The number of aromatic nitrogens is 2. The van der Waals surface area contributed by atoms with Gasteiger partial charge < -0.3 is 4.90 Å². The maximum atomic E-state index is 13.0. The molecule has 0 unspecified atom stereocenters. The topological polar surface area (TPSA) is 66.5 Å². The largest absolute Gasteiger partial charge is 0.438 e. The maximum absolute atomic E-state index is 13.0. The smallest absolute Gasteiger partial charge is 0.355 e. The Labute approximate surface area is 135 Å². The van der Waals surface area contributed by atoms with Crippen LogP contribution in [0.3, 0.4) is 0 Å². The zero-order valence-electron chi connectivity index (χ0n) is 12.1. The summed E-state index contributed by atoms with van der Waals surface area (Å²) in [5.74, 6) is -1.31. The highest BCUT2D eigenvalue weighted by molar-refractivity contribution is 5.62. The fourth-order valence-corrected chi connectivity index (χ4v) is 2.01. The molecule has 0 aliphatic heterocycles. The van der Waals surface area contributed by atoms with E-state index in [1.54, 1.807) is 0 Å². The van der Waals surface area contributed by atoms with Gasteiger partial charge in [-0.05, 0) is 12.1 Å². The van der Waals surface area contributed by atoms with Crippen LogP contribution in [0.5, 0.6) is 0 Å². The predicted molar refractivity (Wildman–Crippen MR) is 71.9 cm³/mol. The highest BCUT2D eigenvalue weighted by Crippen LogP contribution is 2.39. The molecule has 0 atom stereocenters. The van der Waals surface area contributed by atoms with E-state index in [2.05, 4.69) is 14.5 Å². The molecule has 0 fully saturated rings. The molecule has 1 N–H and O–H groups in total. The van der Waals surface area contributed by atoms with E-state index in [9.17, 15) is 31.1 Å². The summed E-state index contributed by atoms with van der Waals surface area (Å²) in [5.41, 5.74) is -2.54. The first-order valence-electron chi connectivity index (χ1n) is 6.45. The summed E-state index contributed by atoms with van der Waals surface area (Å²) in [6, 6.07) is 2.17. The first-order chi connectivity index (χ1) is 11.5. The monoisotopic (exact) mass is 366 g/mol. The van der Waals surface area contributed by atoms with Gasteiger partial charge in [-0.1, -0.05) is 11.2 Å². The Kier molecular flexibility index (Phi) is 4.78. The Balaban J connectivity index is 2.46. The highest BCUT2D eigenvalue weighted by Gasteiger charge is 2.36. The van der Waals surface area contributed by atoms with Crippen LogP contribution < -0.4 is 10.7 Å². The van der Waals surface area contributed by atoms with Crippen LogP contribution in [-0.2, 0) is 12.7 Å². The van der Waals surface area contributed by atoms with E-state index in [0.717, 1.165) is 12.1 Å². The number of rotatable bonds is 4. The Morgan fingerprint density at radius 1 is 1.24 bits per heavy atom. The normalized spacial score (nSPS) is 12.0. The molecule has 25 heavy (non-hydrogen) atoms. The first kappa shape index (κ1) is 18.4. The van der Waals surface area contributed by atoms with Crippen molar-refractivity contribution in [3.63, 3.8) is 0 Å². The van der Waals surface area contributed by atoms with E-state index < -0.39 is 48.1 Å². The van der Waals surface area contributed by atoms with Gasteiger partial charge in [0, 0.05) is 5.69 Å². The van der Waals surface area contributed by atoms with Crippen molar-refractivity contribution < 1.29 is 30.9 Å². The quantitative estimate of drug-likeness (QED) is 0.664. The summed E-state index contributed by atoms with van der Waals surface area (Å²) in [4.78, 5) is 16.1. The van der Waals surface area contributed by atoms with Crippen molar-refractivity contribution in [2.24, 2.45) is 0 Å².